The number of carboxylic acids is 1. The maximum atomic E-state index is 13.8. The van der Waals surface area contributed by atoms with Crippen LogP contribution in [0.15, 0.2) is 90.5 Å². The fraction of sp³-hybridized carbons (Fsp3) is 0.250. The number of benzene rings is 3. The third kappa shape index (κ3) is 4.39. The molecule has 0 unspecified atom stereocenters. The zero-order valence-corrected chi connectivity index (χ0v) is 21.3. The number of carbonyl (C=O) groups is 2. The molecule has 0 saturated heterocycles. The van der Waals surface area contributed by atoms with Crippen molar-refractivity contribution in [3.8, 4) is 11.1 Å². The molecule has 1 amide bonds. The third-order valence-electron chi connectivity index (χ3n) is 7.85. The number of rotatable bonds is 4. The van der Waals surface area contributed by atoms with Crippen LogP contribution in [0, 0.1) is 16.6 Å². The molecule has 0 saturated carbocycles. The summed E-state index contributed by atoms with van der Waals surface area (Å²) >= 11 is 0. The van der Waals surface area contributed by atoms with Gasteiger partial charge in [0.2, 0.25) is 0 Å². The zero-order valence-electron chi connectivity index (χ0n) is 21.3. The quantitative estimate of drug-likeness (QED) is 0.393. The molecule has 1 N–H and O–H groups in total. The molecule has 1 heterocycles. The number of amides is 1. The monoisotopic (exact) mass is 495 g/mol. The van der Waals surface area contributed by atoms with Gasteiger partial charge in [0, 0.05) is 29.5 Å². The summed E-state index contributed by atoms with van der Waals surface area (Å²) in [5.74, 6) is -1.27. The fourth-order valence-corrected chi connectivity index (χ4v) is 6.08. The lowest BCUT2D eigenvalue weighted by Crippen LogP contribution is -2.48. The Bertz CT molecular complexity index is 1430. The van der Waals surface area contributed by atoms with Gasteiger partial charge in [-0.05, 0) is 59.0 Å². The van der Waals surface area contributed by atoms with Gasteiger partial charge in [0.05, 0.1) is 5.56 Å². The lowest BCUT2D eigenvalue weighted by Gasteiger charge is -2.50. The molecule has 5 heteroatoms. The van der Waals surface area contributed by atoms with E-state index in [4.69, 9.17) is 0 Å². The first-order chi connectivity index (χ1) is 17.6. The first-order valence-electron chi connectivity index (χ1n) is 12.5. The number of carboxylic acid groups (broad SMARTS) is 1. The molecular weight excluding hydrogens is 465 g/mol. The standard InChI is InChI=1S/C32H30FNO3/c1-31(2)27(22-8-10-23(11-9-22)30(36)37)16-18-32(3)20-34(19-17-28(31)32)29(35)26-7-5-4-6-25(26)21-12-14-24(33)15-13-21/h4-17H,18-20H2,1-3H3,(H,36,37)/t32-/m1/s1. The van der Waals surface area contributed by atoms with Crippen LogP contribution in [-0.2, 0) is 0 Å². The number of aromatic carboxylic acids is 1. The third-order valence-corrected chi connectivity index (χ3v) is 7.85. The van der Waals surface area contributed by atoms with Crippen molar-refractivity contribution in [3.05, 3.63) is 113 Å². The summed E-state index contributed by atoms with van der Waals surface area (Å²) in [7, 11) is 0. The molecule has 3 aromatic rings. The number of allylic oxidation sites excluding steroid dienone is 2. The molecule has 0 radical (unpaired) electrons. The number of carbonyl (C=O) groups excluding carboxylic acids is 1. The summed E-state index contributed by atoms with van der Waals surface area (Å²) in [5.41, 5.74) is 5.50. The predicted octanol–water partition coefficient (Wildman–Crippen LogP) is 7.09. The minimum Gasteiger partial charge on any atom is -0.478 e. The highest BCUT2D eigenvalue weighted by Crippen LogP contribution is 2.55. The van der Waals surface area contributed by atoms with E-state index >= 15 is 0 Å². The Kier molecular flexibility index (Phi) is 6.10. The second-order valence-electron chi connectivity index (χ2n) is 10.7. The van der Waals surface area contributed by atoms with E-state index in [0.29, 0.717) is 18.7 Å². The Hall–Kier alpha value is -3.99. The average Bonchev–Trinajstić information content (AvgIpc) is 2.88. The van der Waals surface area contributed by atoms with E-state index in [1.165, 1.54) is 23.3 Å². The first-order valence-corrected chi connectivity index (χ1v) is 12.5. The Morgan fingerprint density at radius 1 is 0.865 bits per heavy atom. The van der Waals surface area contributed by atoms with E-state index in [0.717, 1.165) is 23.1 Å². The minimum atomic E-state index is -0.934. The Morgan fingerprint density at radius 2 is 1.51 bits per heavy atom. The zero-order chi connectivity index (χ0) is 26.4. The maximum Gasteiger partial charge on any atom is 0.335 e. The summed E-state index contributed by atoms with van der Waals surface area (Å²) < 4.78 is 13.5. The summed E-state index contributed by atoms with van der Waals surface area (Å²) in [6, 6.07) is 20.8. The molecule has 0 fully saturated rings. The second-order valence-corrected chi connectivity index (χ2v) is 10.7. The molecule has 4 nitrogen and oxygen atoms in total. The van der Waals surface area contributed by atoms with Gasteiger partial charge in [-0.25, -0.2) is 9.18 Å². The first kappa shape index (κ1) is 24.7. The van der Waals surface area contributed by atoms with Gasteiger partial charge in [-0.1, -0.05) is 81.0 Å². The summed E-state index contributed by atoms with van der Waals surface area (Å²) in [6.45, 7) is 7.73. The summed E-state index contributed by atoms with van der Waals surface area (Å²) in [4.78, 5) is 27.0. The van der Waals surface area contributed by atoms with Crippen molar-refractivity contribution in [2.45, 2.75) is 27.2 Å². The van der Waals surface area contributed by atoms with Crippen molar-refractivity contribution in [2.75, 3.05) is 13.1 Å². The van der Waals surface area contributed by atoms with Crippen LogP contribution in [0.1, 0.15) is 53.5 Å². The van der Waals surface area contributed by atoms with Crippen molar-refractivity contribution < 1.29 is 19.1 Å². The Balaban J connectivity index is 1.44. The van der Waals surface area contributed by atoms with E-state index in [1.807, 2.05) is 41.3 Å². The van der Waals surface area contributed by atoms with Gasteiger partial charge in [-0.3, -0.25) is 4.79 Å². The van der Waals surface area contributed by atoms with E-state index in [-0.39, 0.29) is 28.1 Å². The van der Waals surface area contributed by atoms with Crippen LogP contribution in [-0.4, -0.2) is 35.0 Å². The molecule has 1 aliphatic heterocycles. The SMILES string of the molecule is CC1(C)C(c2ccc(C(=O)O)cc2)=CC[C@]2(C)CN(C(=O)c3ccccc3-c3ccc(F)cc3)CC=C12. The minimum absolute atomic E-state index is 0.0340. The van der Waals surface area contributed by atoms with Gasteiger partial charge in [-0.2, -0.15) is 0 Å². The van der Waals surface area contributed by atoms with Crippen LogP contribution >= 0.6 is 0 Å². The number of nitrogens with zero attached hydrogens (tertiary/aromatic N) is 1. The molecule has 1 atom stereocenters. The predicted molar refractivity (Wildman–Crippen MR) is 144 cm³/mol. The average molecular weight is 496 g/mol. The molecule has 3 aromatic carbocycles. The molecule has 0 spiro atoms. The molecule has 0 aromatic heterocycles. The van der Waals surface area contributed by atoms with Crippen LogP contribution in [0.5, 0.6) is 0 Å². The van der Waals surface area contributed by atoms with Crippen molar-refractivity contribution in [1.82, 2.24) is 4.90 Å². The van der Waals surface area contributed by atoms with Crippen molar-refractivity contribution >= 4 is 17.4 Å². The van der Waals surface area contributed by atoms with E-state index in [9.17, 15) is 19.1 Å². The molecule has 37 heavy (non-hydrogen) atoms. The van der Waals surface area contributed by atoms with Crippen LogP contribution in [0.4, 0.5) is 4.39 Å². The van der Waals surface area contributed by atoms with Crippen LogP contribution in [0.2, 0.25) is 0 Å². The molecule has 0 bridgehead atoms. The smallest absolute Gasteiger partial charge is 0.335 e. The normalized spacial score (nSPS) is 20.5. The highest BCUT2D eigenvalue weighted by molar-refractivity contribution is 6.01. The lowest BCUT2D eigenvalue weighted by molar-refractivity contribution is 0.0679. The largest absolute Gasteiger partial charge is 0.478 e. The van der Waals surface area contributed by atoms with Crippen LogP contribution < -0.4 is 0 Å². The van der Waals surface area contributed by atoms with Gasteiger partial charge in [-0.15, -0.1) is 0 Å². The molecule has 2 aliphatic rings. The summed E-state index contributed by atoms with van der Waals surface area (Å²) in [5, 5.41) is 9.25. The molecule has 188 valence electrons. The molecular formula is C32H30FNO3. The van der Waals surface area contributed by atoms with Crippen LogP contribution in [0.25, 0.3) is 16.7 Å². The fourth-order valence-electron chi connectivity index (χ4n) is 6.08. The lowest BCUT2D eigenvalue weighted by atomic mass is 9.58. The van der Waals surface area contributed by atoms with Crippen molar-refractivity contribution in [1.29, 1.82) is 0 Å². The van der Waals surface area contributed by atoms with E-state index in [2.05, 4.69) is 32.9 Å². The van der Waals surface area contributed by atoms with Crippen LogP contribution in [0.3, 0.4) is 0 Å². The van der Waals surface area contributed by atoms with Gasteiger partial charge in [0.15, 0.2) is 0 Å². The number of hydrogen-bond acceptors (Lipinski definition) is 2. The van der Waals surface area contributed by atoms with Gasteiger partial charge < -0.3 is 10.0 Å². The van der Waals surface area contributed by atoms with Gasteiger partial charge >= 0.3 is 5.97 Å². The highest BCUT2D eigenvalue weighted by atomic mass is 19.1. The number of fused-ring (bicyclic) bond motifs is 1. The van der Waals surface area contributed by atoms with Crippen molar-refractivity contribution in [3.63, 3.8) is 0 Å². The number of hydrogen-bond donors (Lipinski definition) is 1. The van der Waals surface area contributed by atoms with E-state index in [1.54, 1.807) is 24.3 Å². The Labute approximate surface area is 216 Å². The van der Waals surface area contributed by atoms with E-state index < -0.39 is 5.97 Å². The molecule has 5 rings (SSSR count). The Morgan fingerprint density at radius 3 is 2.19 bits per heavy atom. The summed E-state index contributed by atoms with van der Waals surface area (Å²) in [6.07, 6.45) is 5.22. The highest BCUT2D eigenvalue weighted by Gasteiger charge is 2.46. The molecule has 1 aliphatic carbocycles. The topological polar surface area (TPSA) is 57.6 Å². The van der Waals surface area contributed by atoms with Gasteiger partial charge in [0.25, 0.3) is 5.91 Å². The maximum absolute atomic E-state index is 13.8. The number of halogens is 1. The van der Waals surface area contributed by atoms with Crippen molar-refractivity contribution in [2.24, 2.45) is 10.8 Å². The van der Waals surface area contributed by atoms with Gasteiger partial charge in [0.1, 0.15) is 5.82 Å². The second kappa shape index (κ2) is 9.15.